The van der Waals surface area contributed by atoms with Crippen molar-refractivity contribution in [3.63, 3.8) is 0 Å². The average molecular weight is 342 g/mol. The Labute approximate surface area is 152 Å². The van der Waals surface area contributed by atoms with E-state index in [0.29, 0.717) is 0 Å². The summed E-state index contributed by atoms with van der Waals surface area (Å²) in [6.07, 6.45) is 0. The first-order valence-electron chi connectivity index (χ1n) is 8.68. The number of anilines is 1. The highest BCUT2D eigenvalue weighted by atomic mass is 19.1. The van der Waals surface area contributed by atoms with Crippen LogP contribution in [0.1, 0.15) is 18.5 Å². The van der Waals surface area contributed by atoms with Crippen molar-refractivity contribution in [1.29, 1.82) is 0 Å². The molecule has 0 spiro atoms. The molecule has 128 valence electrons. The van der Waals surface area contributed by atoms with E-state index in [1.54, 1.807) is 12.1 Å². The minimum atomic E-state index is -0.248. The molecule has 0 bridgehead atoms. The Balaban J connectivity index is 1.80. The van der Waals surface area contributed by atoms with Crippen molar-refractivity contribution in [2.45, 2.75) is 13.0 Å². The standard InChI is InChI=1S/C23H19FN2/c1-16(17-7-3-2-4-8-17)25-22-15-19-9-5-6-10-21(19)26-23(22)18-11-13-20(24)14-12-18/h2-16,25H,1H3. The smallest absolute Gasteiger partial charge is 0.123 e. The van der Waals surface area contributed by atoms with Crippen LogP contribution < -0.4 is 5.32 Å². The molecule has 1 heterocycles. The summed E-state index contributed by atoms with van der Waals surface area (Å²) in [7, 11) is 0. The summed E-state index contributed by atoms with van der Waals surface area (Å²) >= 11 is 0. The van der Waals surface area contributed by atoms with E-state index in [1.165, 1.54) is 17.7 Å². The number of hydrogen-bond acceptors (Lipinski definition) is 2. The van der Waals surface area contributed by atoms with Gasteiger partial charge < -0.3 is 5.32 Å². The van der Waals surface area contributed by atoms with Crippen LogP contribution in [0.15, 0.2) is 84.9 Å². The van der Waals surface area contributed by atoms with E-state index in [9.17, 15) is 4.39 Å². The van der Waals surface area contributed by atoms with Crippen LogP contribution in [0.3, 0.4) is 0 Å². The maximum Gasteiger partial charge on any atom is 0.123 e. The molecule has 2 nitrogen and oxygen atoms in total. The molecule has 1 atom stereocenters. The van der Waals surface area contributed by atoms with Gasteiger partial charge in [0.25, 0.3) is 0 Å². The SMILES string of the molecule is CC(Nc1cc2ccccc2nc1-c1ccc(F)cc1)c1ccccc1. The molecule has 1 aromatic heterocycles. The zero-order chi connectivity index (χ0) is 17.9. The van der Waals surface area contributed by atoms with Gasteiger partial charge in [0.05, 0.1) is 16.9 Å². The summed E-state index contributed by atoms with van der Waals surface area (Å²) in [5.41, 5.74) is 4.77. The van der Waals surface area contributed by atoms with Crippen molar-refractivity contribution in [2.24, 2.45) is 0 Å². The highest BCUT2D eigenvalue weighted by molar-refractivity contribution is 5.89. The van der Waals surface area contributed by atoms with Crippen molar-refractivity contribution < 1.29 is 4.39 Å². The maximum atomic E-state index is 13.4. The second-order valence-corrected chi connectivity index (χ2v) is 6.36. The normalized spacial score (nSPS) is 12.1. The first-order valence-corrected chi connectivity index (χ1v) is 8.68. The van der Waals surface area contributed by atoms with Crippen molar-refractivity contribution in [3.05, 3.63) is 96.3 Å². The highest BCUT2D eigenvalue weighted by Gasteiger charge is 2.13. The molecule has 0 amide bonds. The van der Waals surface area contributed by atoms with Gasteiger partial charge in [-0.1, -0.05) is 48.5 Å². The van der Waals surface area contributed by atoms with Crippen molar-refractivity contribution >= 4 is 16.6 Å². The summed E-state index contributed by atoms with van der Waals surface area (Å²) in [5, 5.41) is 4.65. The molecule has 0 fully saturated rings. The number of halogens is 1. The third-order valence-electron chi connectivity index (χ3n) is 4.51. The Morgan fingerprint density at radius 2 is 1.54 bits per heavy atom. The van der Waals surface area contributed by atoms with E-state index in [2.05, 4.69) is 36.5 Å². The first-order chi connectivity index (χ1) is 12.7. The van der Waals surface area contributed by atoms with Crippen LogP contribution in [0.2, 0.25) is 0 Å². The second-order valence-electron chi connectivity index (χ2n) is 6.36. The number of nitrogens with zero attached hydrogens (tertiary/aromatic N) is 1. The Morgan fingerprint density at radius 1 is 0.846 bits per heavy atom. The number of benzene rings is 3. The van der Waals surface area contributed by atoms with Gasteiger partial charge in [-0.05, 0) is 48.9 Å². The van der Waals surface area contributed by atoms with E-state index in [1.807, 2.05) is 36.4 Å². The van der Waals surface area contributed by atoms with E-state index in [0.717, 1.165) is 27.8 Å². The van der Waals surface area contributed by atoms with Crippen LogP contribution >= 0.6 is 0 Å². The van der Waals surface area contributed by atoms with E-state index in [-0.39, 0.29) is 11.9 Å². The predicted octanol–water partition coefficient (Wildman–Crippen LogP) is 6.21. The van der Waals surface area contributed by atoms with Gasteiger partial charge in [0.15, 0.2) is 0 Å². The molecule has 0 radical (unpaired) electrons. The fraction of sp³-hybridized carbons (Fsp3) is 0.0870. The van der Waals surface area contributed by atoms with Crippen LogP contribution in [0.4, 0.5) is 10.1 Å². The van der Waals surface area contributed by atoms with Gasteiger partial charge in [-0.2, -0.15) is 0 Å². The zero-order valence-corrected chi connectivity index (χ0v) is 14.5. The van der Waals surface area contributed by atoms with Gasteiger partial charge >= 0.3 is 0 Å². The summed E-state index contributed by atoms with van der Waals surface area (Å²) < 4.78 is 13.4. The lowest BCUT2D eigenvalue weighted by Crippen LogP contribution is -2.08. The lowest BCUT2D eigenvalue weighted by Gasteiger charge is -2.19. The number of fused-ring (bicyclic) bond motifs is 1. The van der Waals surface area contributed by atoms with E-state index in [4.69, 9.17) is 4.98 Å². The summed E-state index contributed by atoms with van der Waals surface area (Å²) in [4.78, 5) is 4.84. The van der Waals surface area contributed by atoms with Crippen LogP contribution in [0, 0.1) is 5.82 Å². The molecule has 1 N–H and O–H groups in total. The summed E-state index contributed by atoms with van der Waals surface area (Å²) in [6, 6.07) is 27.0. The molecule has 26 heavy (non-hydrogen) atoms. The highest BCUT2D eigenvalue weighted by Crippen LogP contribution is 2.32. The maximum absolute atomic E-state index is 13.4. The number of aromatic nitrogens is 1. The fourth-order valence-corrected chi connectivity index (χ4v) is 3.11. The third-order valence-corrected chi connectivity index (χ3v) is 4.51. The Morgan fingerprint density at radius 3 is 2.31 bits per heavy atom. The van der Waals surface area contributed by atoms with Gasteiger partial charge in [-0.3, -0.25) is 0 Å². The minimum absolute atomic E-state index is 0.123. The van der Waals surface area contributed by atoms with Crippen LogP contribution in [0.5, 0.6) is 0 Å². The van der Waals surface area contributed by atoms with Crippen molar-refractivity contribution in [1.82, 2.24) is 4.98 Å². The van der Waals surface area contributed by atoms with Gasteiger partial charge in [-0.25, -0.2) is 9.37 Å². The summed E-state index contributed by atoms with van der Waals surface area (Å²) in [6.45, 7) is 2.12. The molecule has 3 aromatic carbocycles. The Bertz CT molecular complexity index is 1030. The molecule has 4 rings (SSSR count). The number of nitrogens with one attached hydrogen (secondary N) is 1. The van der Waals surface area contributed by atoms with Gasteiger partial charge in [0.1, 0.15) is 5.82 Å². The van der Waals surface area contributed by atoms with E-state index >= 15 is 0 Å². The zero-order valence-electron chi connectivity index (χ0n) is 14.5. The molecular formula is C23H19FN2. The van der Waals surface area contributed by atoms with Crippen molar-refractivity contribution in [3.8, 4) is 11.3 Å². The molecule has 3 heteroatoms. The molecule has 0 saturated carbocycles. The quantitative estimate of drug-likeness (QED) is 0.476. The topological polar surface area (TPSA) is 24.9 Å². The van der Waals surface area contributed by atoms with Crippen molar-refractivity contribution in [2.75, 3.05) is 5.32 Å². The number of hydrogen-bond donors (Lipinski definition) is 1. The molecule has 4 aromatic rings. The summed E-state index contributed by atoms with van der Waals surface area (Å²) in [5.74, 6) is -0.248. The second kappa shape index (κ2) is 6.96. The first kappa shape index (κ1) is 16.3. The monoisotopic (exact) mass is 342 g/mol. The van der Waals surface area contributed by atoms with E-state index < -0.39 is 0 Å². The predicted molar refractivity (Wildman–Crippen MR) is 106 cm³/mol. The van der Waals surface area contributed by atoms with Crippen LogP contribution in [0.25, 0.3) is 22.2 Å². The molecule has 0 aliphatic heterocycles. The average Bonchev–Trinajstić information content (AvgIpc) is 2.69. The Hall–Kier alpha value is -3.20. The molecule has 0 aliphatic carbocycles. The Kier molecular flexibility index (Phi) is 4.36. The lowest BCUT2D eigenvalue weighted by molar-refractivity contribution is 0.628. The molecule has 1 unspecified atom stereocenters. The molecule has 0 saturated heterocycles. The third kappa shape index (κ3) is 3.29. The molecular weight excluding hydrogens is 323 g/mol. The van der Waals surface area contributed by atoms with Crippen LogP contribution in [-0.2, 0) is 0 Å². The number of para-hydroxylation sites is 1. The van der Waals surface area contributed by atoms with Gasteiger partial charge in [-0.15, -0.1) is 0 Å². The largest absolute Gasteiger partial charge is 0.377 e. The molecule has 0 aliphatic rings. The van der Waals surface area contributed by atoms with Gasteiger partial charge in [0, 0.05) is 17.0 Å². The number of rotatable bonds is 4. The van der Waals surface area contributed by atoms with Gasteiger partial charge in [0.2, 0.25) is 0 Å². The lowest BCUT2D eigenvalue weighted by atomic mass is 10.0. The number of pyridine rings is 1. The van der Waals surface area contributed by atoms with Crippen LogP contribution in [-0.4, -0.2) is 4.98 Å². The fourth-order valence-electron chi connectivity index (χ4n) is 3.11. The minimum Gasteiger partial charge on any atom is -0.377 e.